The van der Waals surface area contributed by atoms with Crippen molar-refractivity contribution in [2.75, 3.05) is 18.0 Å². The second-order valence-electron chi connectivity index (χ2n) is 10.2. The Labute approximate surface area is 237 Å². The van der Waals surface area contributed by atoms with Crippen molar-refractivity contribution < 1.29 is 22.7 Å². The highest BCUT2D eigenvalue weighted by Gasteiger charge is 2.33. The topological polar surface area (TPSA) is 96.0 Å². The zero-order chi connectivity index (χ0) is 28.7. The van der Waals surface area contributed by atoms with Gasteiger partial charge in [0.05, 0.1) is 17.7 Å². The number of nitrogens with one attached hydrogen (secondary N) is 1. The summed E-state index contributed by atoms with van der Waals surface area (Å²) in [5, 5.41) is 3.08. The molecule has 0 aromatic heterocycles. The summed E-state index contributed by atoms with van der Waals surface area (Å²) in [4.78, 5) is 28.9. The smallest absolute Gasteiger partial charge is 0.264 e. The van der Waals surface area contributed by atoms with Crippen LogP contribution in [0.1, 0.15) is 43.7 Å². The van der Waals surface area contributed by atoms with Gasteiger partial charge in [-0.3, -0.25) is 13.9 Å². The van der Waals surface area contributed by atoms with E-state index in [2.05, 4.69) is 5.32 Å². The molecule has 0 heterocycles. The minimum atomic E-state index is -4.08. The average Bonchev–Trinajstić information content (AvgIpc) is 3.47. The fraction of sp³-hybridized carbons (Fsp3) is 0.355. The summed E-state index contributed by atoms with van der Waals surface area (Å²) in [7, 11) is -2.52. The van der Waals surface area contributed by atoms with E-state index < -0.39 is 28.5 Å². The maximum absolute atomic E-state index is 14.0. The van der Waals surface area contributed by atoms with Crippen molar-refractivity contribution in [1.82, 2.24) is 10.2 Å². The van der Waals surface area contributed by atoms with Crippen LogP contribution in [0.15, 0.2) is 83.8 Å². The fourth-order valence-corrected chi connectivity index (χ4v) is 6.40. The monoisotopic (exact) mass is 563 g/mol. The Balaban J connectivity index is 1.68. The van der Waals surface area contributed by atoms with Crippen LogP contribution in [-0.4, -0.2) is 50.9 Å². The quantitative estimate of drug-likeness (QED) is 0.366. The third-order valence-corrected chi connectivity index (χ3v) is 9.04. The molecule has 1 aliphatic rings. The van der Waals surface area contributed by atoms with Gasteiger partial charge in [-0.05, 0) is 74.2 Å². The summed E-state index contributed by atoms with van der Waals surface area (Å²) in [6.45, 7) is 3.20. The van der Waals surface area contributed by atoms with E-state index in [1.807, 2.05) is 25.1 Å². The largest absolute Gasteiger partial charge is 0.497 e. The van der Waals surface area contributed by atoms with Crippen molar-refractivity contribution in [3.05, 3.63) is 90.0 Å². The first-order valence-electron chi connectivity index (χ1n) is 13.6. The third-order valence-electron chi connectivity index (χ3n) is 7.26. The first-order valence-corrected chi connectivity index (χ1v) is 15.0. The molecule has 3 aromatic rings. The number of carbonyl (C=O) groups is 2. The molecule has 1 aliphatic carbocycles. The second kappa shape index (κ2) is 13.0. The van der Waals surface area contributed by atoms with Crippen LogP contribution < -0.4 is 14.4 Å². The Morgan fingerprint density at radius 3 is 2.35 bits per heavy atom. The number of sulfonamides is 1. The summed E-state index contributed by atoms with van der Waals surface area (Å²) in [6.07, 6.45) is 3.96. The molecule has 0 unspecified atom stereocenters. The van der Waals surface area contributed by atoms with Crippen molar-refractivity contribution in [3.8, 4) is 5.75 Å². The predicted molar refractivity (Wildman–Crippen MR) is 156 cm³/mol. The number of methoxy groups -OCH3 is 1. The van der Waals surface area contributed by atoms with Gasteiger partial charge in [0.15, 0.2) is 0 Å². The molecule has 9 heteroatoms. The van der Waals surface area contributed by atoms with E-state index in [-0.39, 0.29) is 23.4 Å². The summed E-state index contributed by atoms with van der Waals surface area (Å²) in [6, 6.07) is 21.6. The van der Waals surface area contributed by atoms with Crippen LogP contribution in [-0.2, 0) is 26.2 Å². The Morgan fingerprint density at radius 1 is 0.975 bits per heavy atom. The maximum atomic E-state index is 14.0. The predicted octanol–water partition coefficient (Wildman–Crippen LogP) is 4.68. The molecule has 1 saturated carbocycles. The maximum Gasteiger partial charge on any atom is 0.264 e. The van der Waals surface area contributed by atoms with Gasteiger partial charge in [0.2, 0.25) is 11.8 Å². The molecule has 1 fully saturated rings. The Hall–Kier alpha value is -3.85. The molecule has 40 heavy (non-hydrogen) atoms. The number of rotatable bonds is 11. The number of hydrogen-bond acceptors (Lipinski definition) is 5. The number of hydrogen-bond donors (Lipinski definition) is 1. The average molecular weight is 564 g/mol. The van der Waals surface area contributed by atoms with Crippen LogP contribution in [0.5, 0.6) is 5.75 Å². The van der Waals surface area contributed by atoms with Crippen LogP contribution in [0.25, 0.3) is 0 Å². The van der Waals surface area contributed by atoms with Gasteiger partial charge < -0.3 is 15.0 Å². The molecule has 0 saturated heterocycles. The lowest BCUT2D eigenvalue weighted by Gasteiger charge is -2.32. The molecule has 212 valence electrons. The molecule has 0 spiro atoms. The van der Waals surface area contributed by atoms with Crippen LogP contribution >= 0.6 is 0 Å². The summed E-state index contributed by atoms with van der Waals surface area (Å²) < 4.78 is 34.1. The molecule has 4 rings (SSSR count). The molecule has 3 aromatic carbocycles. The molecule has 0 radical (unpaired) electrons. The van der Waals surface area contributed by atoms with E-state index in [0.29, 0.717) is 11.4 Å². The van der Waals surface area contributed by atoms with Crippen LogP contribution in [0.3, 0.4) is 0 Å². The van der Waals surface area contributed by atoms with Gasteiger partial charge in [-0.25, -0.2) is 8.42 Å². The summed E-state index contributed by atoms with van der Waals surface area (Å²) in [5.74, 6) is -0.116. The highest BCUT2D eigenvalue weighted by molar-refractivity contribution is 7.92. The van der Waals surface area contributed by atoms with Crippen molar-refractivity contribution >= 4 is 27.5 Å². The number of nitrogens with zero attached hydrogens (tertiary/aromatic N) is 2. The third kappa shape index (κ3) is 7.01. The van der Waals surface area contributed by atoms with Crippen molar-refractivity contribution in [2.45, 2.75) is 63.1 Å². The second-order valence-corrected chi connectivity index (χ2v) is 12.1. The van der Waals surface area contributed by atoms with Crippen LogP contribution in [0.4, 0.5) is 5.69 Å². The molecule has 1 N–H and O–H groups in total. The standard InChI is InChI=1S/C31H37N3O5S/c1-23-11-9-15-27(19-23)34(40(37,38)29-17-5-4-6-18-29)22-30(35)33(21-25-12-10-16-28(20-25)39-3)24(2)31(36)32-26-13-7-8-14-26/h4-6,9-12,15-20,24,26H,7-8,13-14,21-22H2,1-3H3,(H,32,36)/t24-/m1/s1. The first kappa shape index (κ1) is 29.1. The normalized spacial score (nSPS) is 14.4. The van der Waals surface area contributed by atoms with Crippen LogP contribution in [0, 0.1) is 6.92 Å². The molecule has 0 bridgehead atoms. The molecule has 1 atom stereocenters. The first-order chi connectivity index (χ1) is 19.2. The molecule has 0 aliphatic heterocycles. The van der Waals surface area contributed by atoms with Crippen molar-refractivity contribution in [3.63, 3.8) is 0 Å². The SMILES string of the molecule is COc1cccc(CN(C(=O)CN(c2cccc(C)c2)S(=O)(=O)c2ccccc2)[C@H](C)C(=O)NC2CCCC2)c1. The summed E-state index contributed by atoms with van der Waals surface area (Å²) >= 11 is 0. The van der Waals surface area contributed by atoms with E-state index in [4.69, 9.17) is 4.74 Å². The lowest BCUT2D eigenvalue weighted by Crippen LogP contribution is -2.52. The number of carbonyl (C=O) groups excluding carboxylic acids is 2. The van der Waals surface area contributed by atoms with Gasteiger partial charge in [0, 0.05) is 12.6 Å². The number of anilines is 1. The summed E-state index contributed by atoms with van der Waals surface area (Å²) in [5.41, 5.74) is 2.00. The van der Waals surface area contributed by atoms with Gasteiger partial charge in [0.25, 0.3) is 10.0 Å². The van der Waals surface area contributed by atoms with E-state index >= 15 is 0 Å². The van der Waals surface area contributed by atoms with Gasteiger partial charge >= 0.3 is 0 Å². The van der Waals surface area contributed by atoms with E-state index in [1.165, 1.54) is 17.0 Å². The van der Waals surface area contributed by atoms with E-state index in [1.54, 1.807) is 62.6 Å². The Morgan fingerprint density at radius 2 is 1.68 bits per heavy atom. The lowest BCUT2D eigenvalue weighted by molar-refractivity contribution is -0.139. The Kier molecular flexibility index (Phi) is 9.47. The van der Waals surface area contributed by atoms with E-state index in [9.17, 15) is 18.0 Å². The van der Waals surface area contributed by atoms with Crippen LogP contribution in [0.2, 0.25) is 0 Å². The molecule has 8 nitrogen and oxygen atoms in total. The van der Waals surface area contributed by atoms with E-state index in [0.717, 1.165) is 41.1 Å². The molecule has 2 amide bonds. The Bertz CT molecular complexity index is 1420. The highest BCUT2D eigenvalue weighted by Crippen LogP contribution is 2.26. The number of amides is 2. The number of benzene rings is 3. The van der Waals surface area contributed by atoms with Gasteiger partial charge in [0.1, 0.15) is 18.3 Å². The van der Waals surface area contributed by atoms with Gasteiger partial charge in [-0.1, -0.05) is 55.3 Å². The zero-order valence-corrected chi connectivity index (χ0v) is 24.1. The fourth-order valence-electron chi connectivity index (χ4n) is 4.97. The minimum absolute atomic E-state index is 0.0793. The van der Waals surface area contributed by atoms with Gasteiger partial charge in [-0.2, -0.15) is 0 Å². The number of ether oxygens (including phenoxy) is 1. The van der Waals surface area contributed by atoms with Crippen molar-refractivity contribution in [2.24, 2.45) is 0 Å². The van der Waals surface area contributed by atoms with Gasteiger partial charge in [-0.15, -0.1) is 0 Å². The molecular weight excluding hydrogens is 526 g/mol. The number of aryl methyl sites for hydroxylation is 1. The minimum Gasteiger partial charge on any atom is -0.497 e. The highest BCUT2D eigenvalue weighted by atomic mass is 32.2. The lowest BCUT2D eigenvalue weighted by atomic mass is 10.1. The molecular formula is C31H37N3O5S. The zero-order valence-electron chi connectivity index (χ0n) is 23.2. The van der Waals surface area contributed by atoms with Crippen molar-refractivity contribution in [1.29, 1.82) is 0 Å².